The van der Waals surface area contributed by atoms with Crippen molar-refractivity contribution >= 4 is 0 Å². The highest BCUT2D eigenvalue weighted by Crippen LogP contribution is 2.41. The number of halogens is 4. The summed E-state index contributed by atoms with van der Waals surface area (Å²) in [6.45, 7) is 3.88. The van der Waals surface area contributed by atoms with Crippen LogP contribution in [0, 0.1) is 17.7 Å². The number of ether oxygens (including phenoxy) is 1. The zero-order valence-corrected chi connectivity index (χ0v) is 14.7. The first-order valence-electron chi connectivity index (χ1n) is 9.22. The van der Waals surface area contributed by atoms with Gasteiger partial charge in [0, 0.05) is 0 Å². The number of hydrogen-bond acceptors (Lipinski definition) is 1. The predicted molar refractivity (Wildman–Crippen MR) is 93.4 cm³/mol. The standard InChI is InChI=1S/C21H24F4O/c1-2-14-3-5-15(6-4-14)16-7-9-17(10-8-16)18-11-12-20(19(22)13-18)26-21(23,24)25/h2,7,11-15,17H,1,3-6,8-10H2. The summed E-state index contributed by atoms with van der Waals surface area (Å²) in [5, 5.41) is 0. The lowest BCUT2D eigenvalue weighted by molar-refractivity contribution is -0.275. The molecule has 0 bridgehead atoms. The maximum Gasteiger partial charge on any atom is 0.573 e. The lowest BCUT2D eigenvalue weighted by Gasteiger charge is -2.32. The summed E-state index contributed by atoms with van der Waals surface area (Å²) in [7, 11) is 0. The minimum Gasteiger partial charge on any atom is -0.403 e. The molecule has 142 valence electrons. The van der Waals surface area contributed by atoms with Crippen LogP contribution < -0.4 is 4.74 Å². The first-order chi connectivity index (χ1) is 12.4. The van der Waals surface area contributed by atoms with Crippen molar-refractivity contribution < 1.29 is 22.3 Å². The van der Waals surface area contributed by atoms with Crippen molar-refractivity contribution in [2.75, 3.05) is 0 Å². The number of hydrogen-bond donors (Lipinski definition) is 0. The highest BCUT2D eigenvalue weighted by molar-refractivity contribution is 5.33. The van der Waals surface area contributed by atoms with Gasteiger partial charge in [-0.25, -0.2) is 4.39 Å². The fraction of sp³-hybridized carbons (Fsp3) is 0.524. The van der Waals surface area contributed by atoms with Crippen molar-refractivity contribution in [2.24, 2.45) is 11.8 Å². The average Bonchev–Trinajstić information content (AvgIpc) is 2.63. The van der Waals surface area contributed by atoms with Crippen LogP contribution in [0.3, 0.4) is 0 Å². The Morgan fingerprint density at radius 1 is 1.04 bits per heavy atom. The van der Waals surface area contributed by atoms with Gasteiger partial charge < -0.3 is 4.74 Å². The Bertz CT molecular complexity index is 669. The molecule has 0 aliphatic heterocycles. The summed E-state index contributed by atoms with van der Waals surface area (Å²) in [5.74, 6) is -0.294. The summed E-state index contributed by atoms with van der Waals surface area (Å²) in [5.41, 5.74) is 2.24. The second-order valence-electron chi connectivity index (χ2n) is 7.34. The van der Waals surface area contributed by atoms with Gasteiger partial charge in [0.05, 0.1) is 0 Å². The van der Waals surface area contributed by atoms with E-state index in [-0.39, 0.29) is 5.92 Å². The van der Waals surface area contributed by atoms with E-state index in [0.717, 1.165) is 30.9 Å². The fourth-order valence-corrected chi connectivity index (χ4v) is 4.23. The number of alkyl halides is 3. The number of rotatable bonds is 4. The van der Waals surface area contributed by atoms with Gasteiger partial charge in [-0.2, -0.15) is 0 Å². The van der Waals surface area contributed by atoms with Crippen LogP contribution in [0.5, 0.6) is 5.75 Å². The average molecular weight is 368 g/mol. The van der Waals surface area contributed by atoms with Crippen molar-refractivity contribution in [1.29, 1.82) is 0 Å². The third kappa shape index (κ3) is 4.68. The molecular formula is C21H24F4O. The lowest BCUT2D eigenvalue weighted by atomic mass is 9.74. The summed E-state index contributed by atoms with van der Waals surface area (Å²) in [4.78, 5) is 0. The van der Waals surface area contributed by atoms with Crippen LogP contribution in [0.25, 0.3) is 0 Å². The van der Waals surface area contributed by atoms with Gasteiger partial charge in [0.1, 0.15) is 0 Å². The first kappa shape index (κ1) is 19.0. The molecule has 0 aromatic heterocycles. The molecule has 1 nitrogen and oxygen atoms in total. The van der Waals surface area contributed by atoms with Crippen LogP contribution in [-0.2, 0) is 0 Å². The van der Waals surface area contributed by atoms with Gasteiger partial charge in [-0.1, -0.05) is 23.8 Å². The zero-order chi connectivity index (χ0) is 18.7. The Hall–Kier alpha value is -1.78. The van der Waals surface area contributed by atoms with Crippen LogP contribution in [0.15, 0.2) is 42.5 Å². The van der Waals surface area contributed by atoms with E-state index in [1.807, 2.05) is 0 Å². The summed E-state index contributed by atoms with van der Waals surface area (Å²) < 4.78 is 54.3. The molecule has 0 spiro atoms. The molecule has 1 aromatic rings. The number of benzene rings is 1. The van der Waals surface area contributed by atoms with E-state index in [1.165, 1.54) is 37.3 Å². The van der Waals surface area contributed by atoms with E-state index < -0.39 is 17.9 Å². The Balaban J connectivity index is 1.61. The van der Waals surface area contributed by atoms with E-state index in [4.69, 9.17) is 0 Å². The molecule has 3 rings (SSSR count). The van der Waals surface area contributed by atoms with Crippen LogP contribution in [0.2, 0.25) is 0 Å². The van der Waals surface area contributed by atoms with Crippen molar-refractivity contribution in [2.45, 2.75) is 57.2 Å². The molecule has 0 amide bonds. The molecule has 26 heavy (non-hydrogen) atoms. The molecule has 1 fully saturated rings. The van der Waals surface area contributed by atoms with Crippen molar-refractivity contribution in [3.05, 3.63) is 53.9 Å². The largest absolute Gasteiger partial charge is 0.573 e. The third-order valence-electron chi connectivity index (χ3n) is 5.73. The third-order valence-corrected chi connectivity index (χ3v) is 5.73. The molecule has 0 N–H and O–H groups in total. The van der Waals surface area contributed by atoms with E-state index in [9.17, 15) is 17.6 Å². The fourth-order valence-electron chi connectivity index (χ4n) is 4.23. The van der Waals surface area contributed by atoms with E-state index in [2.05, 4.69) is 23.5 Å². The zero-order valence-electron chi connectivity index (χ0n) is 14.7. The topological polar surface area (TPSA) is 9.23 Å². The second kappa shape index (κ2) is 7.85. The molecular weight excluding hydrogens is 344 g/mol. The predicted octanol–water partition coefficient (Wildman–Crippen LogP) is 6.91. The highest BCUT2D eigenvalue weighted by Gasteiger charge is 2.32. The van der Waals surface area contributed by atoms with E-state index in [1.54, 1.807) is 6.07 Å². The second-order valence-corrected chi connectivity index (χ2v) is 7.34. The van der Waals surface area contributed by atoms with E-state index >= 15 is 0 Å². The molecule has 5 heteroatoms. The Kier molecular flexibility index (Phi) is 5.73. The molecule has 1 saturated carbocycles. The van der Waals surface area contributed by atoms with Crippen LogP contribution in [0.1, 0.15) is 56.4 Å². The minimum atomic E-state index is -4.88. The minimum absolute atomic E-state index is 0.151. The van der Waals surface area contributed by atoms with Gasteiger partial charge in [-0.15, -0.1) is 19.8 Å². The SMILES string of the molecule is C=CC1CCC(C2=CCC(c3ccc(OC(F)(F)F)c(F)c3)CC2)CC1. The maximum atomic E-state index is 13.9. The molecule has 0 saturated heterocycles. The summed E-state index contributed by atoms with van der Waals surface area (Å²) in [6, 6.07) is 3.80. The normalized spacial score (nSPS) is 26.9. The van der Waals surface area contributed by atoms with Crippen molar-refractivity contribution in [3.8, 4) is 5.75 Å². The maximum absolute atomic E-state index is 13.9. The van der Waals surface area contributed by atoms with Crippen LogP contribution >= 0.6 is 0 Å². The van der Waals surface area contributed by atoms with Crippen molar-refractivity contribution in [1.82, 2.24) is 0 Å². The summed E-state index contributed by atoms with van der Waals surface area (Å²) >= 11 is 0. The van der Waals surface area contributed by atoms with Crippen LogP contribution in [0.4, 0.5) is 17.6 Å². The molecule has 2 aliphatic carbocycles. The van der Waals surface area contributed by atoms with Gasteiger partial charge in [-0.3, -0.25) is 0 Å². The first-order valence-corrected chi connectivity index (χ1v) is 9.22. The molecule has 1 aromatic carbocycles. The molecule has 2 aliphatic rings. The quantitative estimate of drug-likeness (QED) is 0.414. The number of allylic oxidation sites excluding steroid dienone is 3. The highest BCUT2D eigenvalue weighted by atomic mass is 19.4. The van der Waals surface area contributed by atoms with Crippen LogP contribution in [-0.4, -0.2) is 6.36 Å². The summed E-state index contributed by atoms with van der Waals surface area (Å²) in [6.07, 6.45) is 6.94. The molecule has 0 heterocycles. The monoisotopic (exact) mass is 368 g/mol. The molecule has 1 atom stereocenters. The van der Waals surface area contributed by atoms with Gasteiger partial charge in [-0.05, 0) is 80.4 Å². The van der Waals surface area contributed by atoms with Crippen molar-refractivity contribution in [3.63, 3.8) is 0 Å². The lowest BCUT2D eigenvalue weighted by Crippen LogP contribution is -2.18. The van der Waals surface area contributed by atoms with Gasteiger partial charge in [0.2, 0.25) is 0 Å². The smallest absolute Gasteiger partial charge is 0.403 e. The molecule has 0 radical (unpaired) electrons. The Labute approximate surface area is 151 Å². The van der Waals surface area contributed by atoms with Gasteiger partial charge >= 0.3 is 6.36 Å². The van der Waals surface area contributed by atoms with Gasteiger partial charge in [0.25, 0.3) is 0 Å². The molecule has 1 unspecified atom stereocenters. The van der Waals surface area contributed by atoms with E-state index in [0.29, 0.717) is 11.8 Å². The van der Waals surface area contributed by atoms with Gasteiger partial charge in [0.15, 0.2) is 11.6 Å². The Morgan fingerprint density at radius 2 is 1.77 bits per heavy atom. The Morgan fingerprint density at radius 3 is 2.31 bits per heavy atom.